The molecule has 0 spiro atoms. The van der Waals surface area contributed by atoms with Crippen molar-refractivity contribution in [1.82, 2.24) is 0 Å². The van der Waals surface area contributed by atoms with Crippen molar-refractivity contribution in [3.05, 3.63) is 16.5 Å². The quantitative estimate of drug-likeness (QED) is 0.496. The van der Waals surface area contributed by atoms with E-state index >= 15 is 0 Å². The predicted molar refractivity (Wildman–Crippen MR) is 28.4 cm³/mol. The lowest BCUT2D eigenvalue weighted by Gasteiger charge is -1.65. The SMILES string of the molecule is CSC=CN=O. The van der Waals surface area contributed by atoms with E-state index in [9.17, 15) is 4.91 Å². The predicted octanol–water partition coefficient (Wildman–Crippen LogP) is 1.59. The van der Waals surface area contributed by atoms with E-state index in [-0.39, 0.29) is 0 Å². The highest BCUT2D eigenvalue weighted by Crippen LogP contribution is 1.91. The van der Waals surface area contributed by atoms with Gasteiger partial charge in [-0.25, -0.2) is 0 Å². The highest BCUT2D eigenvalue weighted by molar-refractivity contribution is 8.01. The average molecular weight is 103 g/mol. The maximum atomic E-state index is 9.21. The molecule has 0 N–H and O–H groups in total. The summed E-state index contributed by atoms with van der Waals surface area (Å²) < 4.78 is 0. The standard InChI is InChI=1S/C3H5NOS/c1-6-3-2-4-5/h2-3H,1H3. The first-order valence-electron chi connectivity index (χ1n) is 1.42. The summed E-state index contributed by atoms with van der Waals surface area (Å²) in [4.78, 5) is 9.21. The molecule has 0 saturated carbocycles. The summed E-state index contributed by atoms with van der Waals surface area (Å²) in [5, 5.41) is 4.09. The fourth-order valence-electron chi connectivity index (χ4n) is 0.0857. The number of rotatable bonds is 2. The molecule has 0 aromatic rings. The minimum atomic E-state index is 1.21. The van der Waals surface area contributed by atoms with Gasteiger partial charge in [-0.15, -0.1) is 16.7 Å². The second-order valence-corrected chi connectivity index (χ2v) is 1.37. The number of thioether (sulfide) groups is 1. The van der Waals surface area contributed by atoms with Crippen LogP contribution in [0.4, 0.5) is 0 Å². The van der Waals surface area contributed by atoms with E-state index in [1.807, 2.05) is 6.26 Å². The van der Waals surface area contributed by atoms with Crippen molar-refractivity contribution in [1.29, 1.82) is 0 Å². The fourth-order valence-corrected chi connectivity index (χ4v) is 0.257. The molecule has 0 aromatic carbocycles. The van der Waals surface area contributed by atoms with Crippen LogP contribution in [0.25, 0.3) is 0 Å². The summed E-state index contributed by atoms with van der Waals surface area (Å²) in [5.74, 6) is 0. The van der Waals surface area contributed by atoms with Crippen molar-refractivity contribution in [2.45, 2.75) is 0 Å². The van der Waals surface area contributed by atoms with Crippen LogP contribution in [0.5, 0.6) is 0 Å². The van der Waals surface area contributed by atoms with Gasteiger partial charge in [-0.3, -0.25) is 0 Å². The largest absolute Gasteiger partial charge is 0.145 e. The van der Waals surface area contributed by atoms with Crippen LogP contribution in [-0.2, 0) is 0 Å². The van der Waals surface area contributed by atoms with E-state index in [1.165, 1.54) is 18.0 Å². The summed E-state index contributed by atoms with van der Waals surface area (Å²) in [6.07, 6.45) is 3.08. The summed E-state index contributed by atoms with van der Waals surface area (Å²) in [6, 6.07) is 0. The Bertz CT molecular complexity index is 61.8. The summed E-state index contributed by atoms with van der Waals surface area (Å²) >= 11 is 1.45. The van der Waals surface area contributed by atoms with E-state index in [1.54, 1.807) is 5.41 Å². The smallest absolute Gasteiger partial charge is 0.0777 e. The molecule has 0 aliphatic rings. The Labute approximate surface area is 40.6 Å². The first kappa shape index (κ1) is 5.69. The number of nitroso groups, excluding NO2 is 1. The molecule has 3 heteroatoms. The van der Waals surface area contributed by atoms with Gasteiger partial charge in [0.15, 0.2) is 0 Å². The van der Waals surface area contributed by atoms with Crippen molar-refractivity contribution in [2.24, 2.45) is 5.18 Å². The maximum absolute atomic E-state index is 9.21. The van der Waals surface area contributed by atoms with Crippen molar-refractivity contribution in [2.75, 3.05) is 6.26 Å². The molecule has 34 valence electrons. The Morgan fingerprint density at radius 2 is 2.50 bits per heavy atom. The van der Waals surface area contributed by atoms with Gasteiger partial charge in [0.05, 0.1) is 6.20 Å². The summed E-state index contributed by atoms with van der Waals surface area (Å²) in [5.41, 5.74) is 0. The molecule has 0 atom stereocenters. The second-order valence-electron chi connectivity index (χ2n) is 0.626. The monoisotopic (exact) mass is 103 g/mol. The Hall–Kier alpha value is -0.310. The molecule has 0 aliphatic heterocycles. The van der Waals surface area contributed by atoms with E-state index in [4.69, 9.17) is 0 Å². The van der Waals surface area contributed by atoms with Crippen molar-refractivity contribution in [3.8, 4) is 0 Å². The molecule has 0 saturated heterocycles. The zero-order chi connectivity index (χ0) is 4.83. The van der Waals surface area contributed by atoms with Crippen molar-refractivity contribution < 1.29 is 0 Å². The highest BCUT2D eigenvalue weighted by Gasteiger charge is 1.58. The second kappa shape index (κ2) is 4.69. The Morgan fingerprint density at radius 1 is 1.83 bits per heavy atom. The Morgan fingerprint density at radius 3 is 2.67 bits per heavy atom. The van der Waals surface area contributed by atoms with Crippen molar-refractivity contribution in [3.63, 3.8) is 0 Å². The lowest BCUT2D eigenvalue weighted by atomic mass is 11.1. The Balaban J connectivity index is 2.94. The minimum absolute atomic E-state index is 1.21. The molecule has 0 amide bonds. The van der Waals surface area contributed by atoms with Gasteiger partial charge in [0.1, 0.15) is 0 Å². The minimum Gasteiger partial charge on any atom is -0.145 e. The third-order valence-electron chi connectivity index (χ3n) is 0.258. The van der Waals surface area contributed by atoms with Crippen LogP contribution in [-0.4, -0.2) is 6.26 Å². The molecular formula is C3H5NOS. The first-order chi connectivity index (χ1) is 2.91. The molecule has 0 rings (SSSR count). The van der Waals surface area contributed by atoms with Gasteiger partial charge in [-0.1, -0.05) is 0 Å². The van der Waals surface area contributed by atoms with Gasteiger partial charge in [-0.05, 0) is 16.8 Å². The van der Waals surface area contributed by atoms with E-state index in [2.05, 4.69) is 5.18 Å². The molecule has 0 aliphatic carbocycles. The third kappa shape index (κ3) is 3.69. The van der Waals surface area contributed by atoms with E-state index < -0.39 is 0 Å². The van der Waals surface area contributed by atoms with Gasteiger partial charge < -0.3 is 0 Å². The van der Waals surface area contributed by atoms with Crippen LogP contribution in [0.3, 0.4) is 0 Å². The van der Waals surface area contributed by atoms with Crippen LogP contribution in [0.15, 0.2) is 16.8 Å². The van der Waals surface area contributed by atoms with Crippen LogP contribution in [0.1, 0.15) is 0 Å². The number of nitrogens with zero attached hydrogens (tertiary/aromatic N) is 1. The van der Waals surface area contributed by atoms with Gasteiger partial charge in [0, 0.05) is 0 Å². The molecule has 2 nitrogen and oxygen atoms in total. The topological polar surface area (TPSA) is 29.4 Å². The zero-order valence-electron chi connectivity index (χ0n) is 3.42. The zero-order valence-corrected chi connectivity index (χ0v) is 4.23. The first-order valence-corrected chi connectivity index (χ1v) is 2.71. The number of hydrogen-bond donors (Lipinski definition) is 0. The van der Waals surface area contributed by atoms with Crippen LogP contribution < -0.4 is 0 Å². The lowest BCUT2D eigenvalue weighted by Crippen LogP contribution is -1.38. The molecule has 0 radical (unpaired) electrons. The summed E-state index contributed by atoms with van der Waals surface area (Å²) in [7, 11) is 0. The van der Waals surface area contributed by atoms with Crippen LogP contribution in [0.2, 0.25) is 0 Å². The summed E-state index contributed by atoms with van der Waals surface area (Å²) in [6.45, 7) is 0. The Kier molecular flexibility index (Phi) is 4.45. The van der Waals surface area contributed by atoms with Gasteiger partial charge >= 0.3 is 0 Å². The van der Waals surface area contributed by atoms with E-state index in [0.29, 0.717) is 0 Å². The van der Waals surface area contributed by atoms with Gasteiger partial charge in [-0.2, -0.15) is 0 Å². The average Bonchev–Trinajstić information content (AvgIpc) is 1.61. The fraction of sp³-hybridized carbons (Fsp3) is 0.333. The molecule has 6 heavy (non-hydrogen) atoms. The molecular weight excluding hydrogens is 98.1 g/mol. The third-order valence-corrected chi connectivity index (χ3v) is 0.652. The normalized spacial score (nSPS) is 9.50. The number of hydrogen-bond acceptors (Lipinski definition) is 3. The van der Waals surface area contributed by atoms with Gasteiger partial charge in [0.25, 0.3) is 0 Å². The molecule has 0 fully saturated rings. The molecule has 0 bridgehead atoms. The van der Waals surface area contributed by atoms with E-state index in [0.717, 1.165) is 0 Å². The van der Waals surface area contributed by atoms with Crippen molar-refractivity contribution >= 4 is 11.8 Å². The van der Waals surface area contributed by atoms with Crippen LogP contribution in [0, 0.1) is 4.91 Å². The lowest BCUT2D eigenvalue weighted by molar-refractivity contribution is 1.56. The maximum Gasteiger partial charge on any atom is 0.0777 e. The molecule has 0 heterocycles. The molecule has 0 aromatic heterocycles. The highest BCUT2D eigenvalue weighted by atomic mass is 32.2. The van der Waals surface area contributed by atoms with Gasteiger partial charge in [0.2, 0.25) is 0 Å². The van der Waals surface area contributed by atoms with Crippen LogP contribution >= 0.6 is 11.8 Å². The molecule has 0 unspecified atom stereocenters.